The van der Waals surface area contributed by atoms with E-state index < -0.39 is 0 Å². The highest BCUT2D eigenvalue weighted by Crippen LogP contribution is 2.34. The molecule has 0 saturated heterocycles. The second kappa shape index (κ2) is 7.44. The van der Waals surface area contributed by atoms with Gasteiger partial charge < -0.3 is 9.72 Å². The van der Waals surface area contributed by atoms with Crippen LogP contribution in [-0.2, 0) is 0 Å². The van der Waals surface area contributed by atoms with Gasteiger partial charge in [-0.05, 0) is 42.0 Å². The number of para-hydroxylation sites is 2. The third-order valence-electron chi connectivity index (χ3n) is 5.21. The third kappa shape index (κ3) is 3.20. The van der Waals surface area contributed by atoms with Crippen molar-refractivity contribution in [1.82, 2.24) is 20.0 Å². The van der Waals surface area contributed by atoms with Gasteiger partial charge in [-0.3, -0.25) is 9.78 Å². The number of hydrogen-bond acceptors (Lipinski definition) is 5. The van der Waals surface area contributed by atoms with E-state index in [1.54, 1.807) is 36.6 Å². The normalized spacial score (nSPS) is 16.0. The molecule has 0 aliphatic carbocycles. The summed E-state index contributed by atoms with van der Waals surface area (Å²) >= 11 is 0. The molecule has 1 aliphatic heterocycles. The molecule has 1 atom stereocenters. The van der Waals surface area contributed by atoms with E-state index in [1.807, 2.05) is 48.5 Å². The summed E-state index contributed by atoms with van der Waals surface area (Å²) in [6.45, 7) is 0. The lowest BCUT2D eigenvalue weighted by Crippen LogP contribution is -2.27. The number of nitrogens with one attached hydrogen (secondary N) is 1. The summed E-state index contributed by atoms with van der Waals surface area (Å²) in [4.78, 5) is 25.2. The zero-order valence-electron chi connectivity index (χ0n) is 16.3. The molecule has 5 rings (SSSR count). The number of methoxy groups -OCH3 is 1. The van der Waals surface area contributed by atoms with Crippen molar-refractivity contribution in [2.24, 2.45) is 5.10 Å². The van der Waals surface area contributed by atoms with Gasteiger partial charge >= 0.3 is 0 Å². The van der Waals surface area contributed by atoms with Gasteiger partial charge in [0.25, 0.3) is 5.91 Å². The topological polar surface area (TPSA) is 83.5 Å². The van der Waals surface area contributed by atoms with Crippen LogP contribution in [-0.4, -0.2) is 38.7 Å². The molecule has 0 bridgehead atoms. The SMILES string of the molecule is COc1ccc(C2CC(c3nc4ccccc4[nH]3)=NN2C(=O)c2ccncc2)cc1. The lowest BCUT2D eigenvalue weighted by Gasteiger charge is -2.22. The Morgan fingerprint density at radius 1 is 1.07 bits per heavy atom. The molecule has 148 valence electrons. The maximum absolute atomic E-state index is 13.2. The Hall–Kier alpha value is -4.00. The molecule has 7 nitrogen and oxygen atoms in total. The fourth-order valence-electron chi connectivity index (χ4n) is 3.64. The zero-order chi connectivity index (χ0) is 20.5. The summed E-state index contributed by atoms with van der Waals surface area (Å²) < 4.78 is 5.27. The molecule has 1 amide bonds. The van der Waals surface area contributed by atoms with E-state index in [0.717, 1.165) is 28.1 Å². The summed E-state index contributed by atoms with van der Waals surface area (Å²) in [6, 6.07) is 18.7. The lowest BCUT2D eigenvalue weighted by atomic mass is 10.0. The molecule has 1 aliphatic rings. The summed E-state index contributed by atoms with van der Waals surface area (Å²) in [6.07, 6.45) is 3.77. The van der Waals surface area contributed by atoms with Crippen molar-refractivity contribution in [2.45, 2.75) is 12.5 Å². The second-order valence-electron chi connectivity index (χ2n) is 7.03. The molecule has 4 aromatic rings. The number of hydrazone groups is 1. The minimum absolute atomic E-state index is 0.177. The van der Waals surface area contributed by atoms with Gasteiger partial charge in [-0.1, -0.05) is 24.3 Å². The predicted octanol–water partition coefficient (Wildman–Crippen LogP) is 3.96. The van der Waals surface area contributed by atoms with E-state index in [-0.39, 0.29) is 11.9 Å². The minimum Gasteiger partial charge on any atom is -0.497 e. The van der Waals surface area contributed by atoms with Crippen LogP contribution in [0.1, 0.15) is 34.2 Å². The maximum atomic E-state index is 13.2. The number of fused-ring (bicyclic) bond motifs is 1. The molecule has 2 aromatic heterocycles. The van der Waals surface area contributed by atoms with Crippen molar-refractivity contribution < 1.29 is 9.53 Å². The number of imidazole rings is 1. The maximum Gasteiger partial charge on any atom is 0.274 e. The molecule has 0 saturated carbocycles. The summed E-state index contributed by atoms with van der Waals surface area (Å²) in [5, 5.41) is 6.23. The van der Waals surface area contributed by atoms with Crippen LogP contribution in [0.15, 0.2) is 78.2 Å². The van der Waals surface area contributed by atoms with E-state index in [1.165, 1.54) is 0 Å². The number of H-pyrrole nitrogens is 1. The van der Waals surface area contributed by atoms with Crippen LogP contribution in [0.25, 0.3) is 11.0 Å². The summed E-state index contributed by atoms with van der Waals surface area (Å²) in [7, 11) is 1.63. The smallest absolute Gasteiger partial charge is 0.274 e. The first-order valence-corrected chi connectivity index (χ1v) is 9.63. The van der Waals surface area contributed by atoms with Gasteiger partial charge in [0.2, 0.25) is 0 Å². The quantitative estimate of drug-likeness (QED) is 0.565. The highest BCUT2D eigenvalue weighted by Gasteiger charge is 2.34. The van der Waals surface area contributed by atoms with Gasteiger partial charge in [0, 0.05) is 24.4 Å². The molecule has 0 fully saturated rings. The van der Waals surface area contributed by atoms with Gasteiger partial charge in [0.15, 0.2) is 5.82 Å². The molecule has 0 spiro atoms. The monoisotopic (exact) mass is 397 g/mol. The standard InChI is InChI=1S/C23H19N5O2/c1-30-17-8-6-15(7-9-17)21-14-20(22-25-18-4-2-3-5-19(18)26-22)27-28(21)23(29)16-10-12-24-13-11-16/h2-13,21H,14H2,1H3,(H,25,26). The number of nitrogens with zero attached hydrogens (tertiary/aromatic N) is 4. The lowest BCUT2D eigenvalue weighted by molar-refractivity contribution is 0.0711. The average molecular weight is 397 g/mol. The van der Waals surface area contributed by atoms with E-state index in [0.29, 0.717) is 17.8 Å². The van der Waals surface area contributed by atoms with Crippen LogP contribution >= 0.6 is 0 Å². The second-order valence-corrected chi connectivity index (χ2v) is 7.03. The summed E-state index contributed by atoms with van der Waals surface area (Å²) in [5.74, 6) is 1.27. The fraction of sp³-hybridized carbons (Fsp3) is 0.130. The van der Waals surface area contributed by atoms with Crippen LogP contribution in [0.2, 0.25) is 0 Å². The van der Waals surface area contributed by atoms with E-state index in [4.69, 9.17) is 4.74 Å². The number of pyridine rings is 1. The summed E-state index contributed by atoms with van der Waals surface area (Å²) in [5.41, 5.74) is 4.07. The molecule has 0 radical (unpaired) electrons. The van der Waals surface area contributed by atoms with Crippen molar-refractivity contribution in [1.29, 1.82) is 0 Å². The first kappa shape index (κ1) is 18.1. The number of amides is 1. The Balaban J connectivity index is 1.54. The molecule has 3 heterocycles. The van der Waals surface area contributed by atoms with Gasteiger partial charge in [-0.2, -0.15) is 5.10 Å². The molecular formula is C23H19N5O2. The molecule has 7 heteroatoms. The van der Waals surface area contributed by atoms with Crippen LogP contribution in [0.4, 0.5) is 0 Å². The highest BCUT2D eigenvalue weighted by atomic mass is 16.5. The number of hydrogen-bond donors (Lipinski definition) is 1. The number of rotatable bonds is 4. The first-order chi connectivity index (χ1) is 14.7. The first-order valence-electron chi connectivity index (χ1n) is 9.63. The van der Waals surface area contributed by atoms with Crippen LogP contribution in [0.3, 0.4) is 0 Å². The van der Waals surface area contributed by atoms with E-state index in [9.17, 15) is 4.79 Å². The Morgan fingerprint density at radius 3 is 2.57 bits per heavy atom. The van der Waals surface area contributed by atoms with Crippen LogP contribution < -0.4 is 4.74 Å². The Morgan fingerprint density at radius 2 is 1.83 bits per heavy atom. The van der Waals surface area contributed by atoms with Gasteiger partial charge in [0.1, 0.15) is 11.5 Å². The third-order valence-corrected chi connectivity index (χ3v) is 5.21. The minimum atomic E-state index is -0.236. The van der Waals surface area contributed by atoms with Gasteiger partial charge in [-0.15, -0.1) is 0 Å². The van der Waals surface area contributed by atoms with E-state index >= 15 is 0 Å². The van der Waals surface area contributed by atoms with Crippen molar-refractivity contribution in [2.75, 3.05) is 7.11 Å². The number of benzene rings is 2. The Kier molecular flexibility index (Phi) is 4.48. The van der Waals surface area contributed by atoms with Crippen LogP contribution in [0, 0.1) is 0 Å². The van der Waals surface area contributed by atoms with Crippen molar-refractivity contribution in [3.05, 3.63) is 90.0 Å². The molecular weight excluding hydrogens is 378 g/mol. The van der Waals surface area contributed by atoms with Crippen molar-refractivity contribution in [3.8, 4) is 5.75 Å². The number of aromatic nitrogens is 3. The average Bonchev–Trinajstić information content (AvgIpc) is 3.44. The largest absolute Gasteiger partial charge is 0.497 e. The molecule has 1 unspecified atom stereocenters. The number of carbonyl (C=O) groups is 1. The number of carbonyl (C=O) groups excluding carboxylic acids is 1. The molecule has 30 heavy (non-hydrogen) atoms. The van der Waals surface area contributed by atoms with Gasteiger partial charge in [-0.25, -0.2) is 9.99 Å². The van der Waals surface area contributed by atoms with E-state index in [2.05, 4.69) is 20.1 Å². The number of aromatic amines is 1. The highest BCUT2D eigenvalue weighted by molar-refractivity contribution is 6.04. The van der Waals surface area contributed by atoms with Crippen molar-refractivity contribution in [3.63, 3.8) is 0 Å². The molecule has 1 N–H and O–H groups in total. The number of ether oxygens (including phenoxy) is 1. The van der Waals surface area contributed by atoms with Crippen molar-refractivity contribution >= 4 is 22.7 Å². The zero-order valence-corrected chi connectivity index (χ0v) is 16.3. The Bertz CT molecular complexity index is 1200. The van der Waals surface area contributed by atoms with Gasteiger partial charge in [0.05, 0.1) is 24.2 Å². The molecule has 2 aromatic carbocycles. The Labute approximate surface area is 173 Å². The predicted molar refractivity (Wildman–Crippen MR) is 113 cm³/mol. The fourth-order valence-corrected chi connectivity index (χ4v) is 3.64. The van der Waals surface area contributed by atoms with Crippen LogP contribution in [0.5, 0.6) is 5.75 Å².